The van der Waals surface area contributed by atoms with Gasteiger partial charge in [-0.1, -0.05) is 25.1 Å². The molecule has 0 aliphatic rings. The highest BCUT2D eigenvalue weighted by Crippen LogP contribution is 2.14. The first-order valence-electron chi connectivity index (χ1n) is 4.94. The lowest BCUT2D eigenvalue weighted by molar-refractivity contribution is -0.117. The maximum absolute atomic E-state index is 11.5. The molecule has 0 aliphatic heterocycles. The molecule has 0 unspecified atom stereocenters. The number of carbonyl (C=O) groups is 1. The summed E-state index contributed by atoms with van der Waals surface area (Å²) in [7, 11) is 0. The van der Waals surface area contributed by atoms with Gasteiger partial charge in [0, 0.05) is 11.3 Å². The van der Waals surface area contributed by atoms with Crippen molar-refractivity contribution in [1.29, 1.82) is 0 Å². The fraction of sp³-hybridized carbons (Fsp3) is 0.364. The topological polar surface area (TPSA) is 75.4 Å². The van der Waals surface area contributed by atoms with E-state index < -0.39 is 6.04 Å². The number of hydrogen-bond donors (Lipinski definition) is 3. The molecule has 1 aromatic rings. The van der Waals surface area contributed by atoms with E-state index in [1.54, 1.807) is 24.3 Å². The first kappa shape index (κ1) is 11.7. The standard InChI is InChI=1S/C11H16N2O2/c1-2-9(12)11(15)13-10-6-4-3-5-8(10)7-14/h3-6,9,14H,2,7,12H2,1H3,(H,13,15)/t9-/m1/s1. The van der Waals surface area contributed by atoms with Crippen LogP contribution in [0.1, 0.15) is 18.9 Å². The number of aliphatic hydroxyl groups is 1. The second-order valence-corrected chi connectivity index (χ2v) is 3.32. The smallest absolute Gasteiger partial charge is 0.241 e. The number of amides is 1. The summed E-state index contributed by atoms with van der Waals surface area (Å²) >= 11 is 0. The molecule has 4 heteroatoms. The van der Waals surface area contributed by atoms with E-state index in [9.17, 15) is 4.79 Å². The predicted octanol–water partition coefficient (Wildman–Crippen LogP) is 0.855. The van der Waals surface area contributed by atoms with Gasteiger partial charge in [0.15, 0.2) is 0 Å². The monoisotopic (exact) mass is 208 g/mol. The Morgan fingerprint density at radius 1 is 1.53 bits per heavy atom. The lowest BCUT2D eigenvalue weighted by atomic mass is 10.1. The number of carbonyl (C=O) groups excluding carboxylic acids is 1. The maximum Gasteiger partial charge on any atom is 0.241 e. The predicted molar refractivity (Wildman–Crippen MR) is 59.3 cm³/mol. The molecule has 0 saturated carbocycles. The van der Waals surface area contributed by atoms with E-state index in [4.69, 9.17) is 10.8 Å². The molecular formula is C11H16N2O2. The number of benzene rings is 1. The van der Waals surface area contributed by atoms with Gasteiger partial charge in [-0.2, -0.15) is 0 Å². The summed E-state index contributed by atoms with van der Waals surface area (Å²) in [6.45, 7) is 1.75. The fourth-order valence-electron chi connectivity index (χ4n) is 1.19. The SMILES string of the molecule is CC[C@@H](N)C(=O)Nc1ccccc1CO. The Morgan fingerprint density at radius 3 is 2.80 bits per heavy atom. The van der Waals surface area contributed by atoms with Gasteiger partial charge in [0.2, 0.25) is 5.91 Å². The number of aliphatic hydroxyl groups excluding tert-OH is 1. The van der Waals surface area contributed by atoms with Crippen LogP contribution in [0.5, 0.6) is 0 Å². The molecule has 0 aromatic heterocycles. The summed E-state index contributed by atoms with van der Waals surface area (Å²) in [6, 6.07) is 6.60. The van der Waals surface area contributed by atoms with Crippen LogP contribution in [0.3, 0.4) is 0 Å². The van der Waals surface area contributed by atoms with Crippen LogP contribution in [-0.4, -0.2) is 17.1 Å². The molecule has 15 heavy (non-hydrogen) atoms. The van der Waals surface area contributed by atoms with E-state index in [0.29, 0.717) is 17.7 Å². The van der Waals surface area contributed by atoms with Gasteiger partial charge in [-0.15, -0.1) is 0 Å². The van der Waals surface area contributed by atoms with Crippen molar-refractivity contribution < 1.29 is 9.90 Å². The summed E-state index contributed by atoms with van der Waals surface area (Å²) in [5.41, 5.74) is 6.89. The summed E-state index contributed by atoms with van der Waals surface area (Å²) in [5, 5.41) is 11.7. The minimum absolute atomic E-state index is 0.0994. The van der Waals surface area contributed by atoms with Crippen LogP contribution >= 0.6 is 0 Å². The third-order valence-corrected chi connectivity index (χ3v) is 2.22. The highest BCUT2D eigenvalue weighted by molar-refractivity contribution is 5.95. The average molecular weight is 208 g/mol. The van der Waals surface area contributed by atoms with Crippen molar-refractivity contribution in [3.8, 4) is 0 Å². The van der Waals surface area contributed by atoms with Crippen LogP contribution < -0.4 is 11.1 Å². The van der Waals surface area contributed by atoms with E-state index in [0.717, 1.165) is 0 Å². The molecule has 4 N–H and O–H groups in total. The zero-order valence-electron chi connectivity index (χ0n) is 8.73. The van der Waals surface area contributed by atoms with Crippen molar-refractivity contribution in [3.05, 3.63) is 29.8 Å². The first-order chi connectivity index (χ1) is 7.19. The van der Waals surface area contributed by atoms with Crippen molar-refractivity contribution in [3.63, 3.8) is 0 Å². The zero-order valence-corrected chi connectivity index (χ0v) is 8.73. The van der Waals surface area contributed by atoms with Gasteiger partial charge >= 0.3 is 0 Å². The van der Waals surface area contributed by atoms with Gasteiger partial charge in [-0.3, -0.25) is 4.79 Å². The van der Waals surface area contributed by atoms with Gasteiger partial charge in [0.1, 0.15) is 0 Å². The molecule has 0 aliphatic carbocycles. The summed E-state index contributed by atoms with van der Waals surface area (Å²) in [6.07, 6.45) is 0.590. The molecular weight excluding hydrogens is 192 g/mol. The Bertz CT molecular complexity index is 339. The lowest BCUT2D eigenvalue weighted by Gasteiger charge is -2.12. The molecule has 0 bridgehead atoms. The second kappa shape index (κ2) is 5.48. The Morgan fingerprint density at radius 2 is 2.20 bits per heavy atom. The van der Waals surface area contributed by atoms with E-state index in [2.05, 4.69) is 5.32 Å². The average Bonchev–Trinajstić information content (AvgIpc) is 2.28. The number of hydrogen-bond acceptors (Lipinski definition) is 3. The van der Waals surface area contributed by atoms with Gasteiger partial charge in [-0.25, -0.2) is 0 Å². The van der Waals surface area contributed by atoms with Crippen LogP contribution in [0.2, 0.25) is 0 Å². The van der Waals surface area contributed by atoms with Crippen molar-refractivity contribution in [2.24, 2.45) is 5.73 Å². The van der Waals surface area contributed by atoms with Gasteiger partial charge < -0.3 is 16.2 Å². The Hall–Kier alpha value is -1.39. The molecule has 0 saturated heterocycles. The van der Waals surface area contributed by atoms with E-state index in [-0.39, 0.29) is 12.5 Å². The van der Waals surface area contributed by atoms with Crippen LogP contribution in [0, 0.1) is 0 Å². The molecule has 1 atom stereocenters. The van der Waals surface area contributed by atoms with E-state index in [1.807, 2.05) is 6.92 Å². The third-order valence-electron chi connectivity index (χ3n) is 2.22. The fourth-order valence-corrected chi connectivity index (χ4v) is 1.19. The number of nitrogens with one attached hydrogen (secondary N) is 1. The summed E-state index contributed by atoms with van der Waals surface area (Å²) in [5.74, 6) is -0.224. The maximum atomic E-state index is 11.5. The summed E-state index contributed by atoms with van der Waals surface area (Å²) in [4.78, 5) is 11.5. The quantitative estimate of drug-likeness (QED) is 0.686. The molecule has 82 valence electrons. The Labute approximate surface area is 89.1 Å². The van der Waals surface area contributed by atoms with Crippen molar-refractivity contribution >= 4 is 11.6 Å². The number of para-hydroxylation sites is 1. The number of anilines is 1. The Balaban J connectivity index is 2.76. The molecule has 4 nitrogen and oxygen atoms in total. The highest BCUT2D eigenvalue weighted by atomic mass is 16.3. The number of nitrogens with two attached hydrogens (primary N) is 1. The molecule has 0 fully saturated rings. The first-order valence-corrected chi connectivity index (χ1v) is 4.94. The van der Waals surface area contributed by atoms with Crippen LogP contribution in [0.15, 0.2) is 24.3 Å². The van der Waals surface area contributed by atoms with Crippen molar-refractivity contribution in [1.82, 2.24) is 0 Å². The van der Waals surface area contributed by atoms with Gasteiger partial charge in [-0.05, 0) is 12.5 Å². The Kier molecular flexibility index (Phi) is 4.27. The highest BCUT2D eigenvalue weighted by Gasteiger charge is 2.12. The summed E-state index contributed by atoms with van der Waals surface area (Å²) < 4.78 is 0. The van der Waals surface area contributed by atoms with Crippen LogP contribution in [0.4, 0.5) is 5.69 Å². The second-order valence-electron chi connectivity index (χ2n) is 3.32. The molecule has 1 aromatic carbocycles. The van der Waals surface area contributed by atoms with Crippen molar-refractivity contribution in [2.75, 3.05) is 5.32 Å². The van der Waals surface area contributed by atoms with Crippen LogP contribution in [0.25, 0.3) is 0 Å². The van der Waals surface area contributed by atoms with Gasteiger partial charge in [0.05, 0.1) is 12.6 Å². The zero-order chi connectivity index (χ0) is 11.3. The van der Waals surface area contributed by atoms with Crippen LogP contribution in [-0.2, 0) is 11.4 Å². The minimum atomic E-state index is -0.503. The minimum Gasteiger partial charge on any atom is -0.392 e. The normalized spacial score (nSPS) is 12.2. The van der Waals surface area contributed by atoms with E-state index in [1.165, 1.54) is 0 Å². The largest absolute Gasteiger partial charge is 0.392 e. The number of rotatable bonds is 4. The van der Waals surface area contributed by atoms with E-state index >= 15 is 0 Å². The third kappa shape index (κ3) is 3.04. The molecule has 1 amide bonds. The molecule has 0 spiro atoms. The molecule has 0 heterocycles. The van der Waals surface area contributed by atoms with Gasteiger partial charge in [0.25, 0.3) is 0 Å². The lowest BCUT2D eigenvalue weighted by Crippen LogP contribution is -2.35. The molecule has 0 radical (unpaired) electrons. The molecule has 1 rings (SSSR count). The van der Waals surface area contributed by atoms with Crippen molar-refractivity contribution in [2.45, 2.75) is 26.0 Å².